The van der Waals surface area contributed by atoms with Crippen LogP contribution in [-0.2, 0) is 0 Å². The molecule has 3 aromatic rings. The van der Waals surface area contributed by atoms with Crippen LogP contribution in [0.4, 0.5) is 8.78 Å². The van der Waals surface area contributed by atoms with Crippen molar-refractivity contribution in [2.45, 2.75) is 13.3 Å². The fraction of sp³-hybridized carbons (Fsp3) is 0.143. The molecule has 0 amide bonds. The maximum atomic E-state index is 13.2. The van der Waals surface area contributed by atoms with Crippen LogP contribution in [-0.4, -0.2) is 6.61 Å². The topological polar surface area (TPSA) is 9.23 Å². The summed E-state index contributed by atoms with van der Waals surface area (Å²) in [6.45, 7) is 2.77. The predicted molar refractivity (Wildman–Crippen MR) is 92.1 cm³/mol. The lowest BCUT2D eigenvalue weighted by atomic mass is 10.1. The molecule has 0 aliphatic rings. The standard InChI is InChI=1S/C21H16F2O/c1-2-11-24-19-9-8-17-12-15(5-7-18(17)14-19)3-4-16-6-10-20(22)21(23)13-16/h5-10,12-14H,2,11H2,1H3. The van der Waals surface area contributed by atoms with Crippen molar-refractivity contribution in [2.75, 3.05) is 6.61 Å². The molecule has 120 valence electrons. The quantitative estimate of drug-likeness (QED) is 0.594. The third-order valence-corrected chi connectivity index (χ3v) is 3.56. The number of halogens is 2. The van der Waals surface area contributed by atoms with Crippen LogP contribution < -0.4 is 4.74 Å². The first-order valence-corrected chi connectivity index (χ1v) is 7.79. The molecule has 1 nitrogen and oxygen atoms in total. The van der Waals surface area contributed by atoms with E-state index in [1.807, 2.05) is 36.4 Å². The fourth-order valence-electron chi connectivity index (χ4n) is 2.33. The smallest absolute Gasteiger partial charge is 0.160 e. The minimum absolute atomic E-state index is 0.442. The van der Waals surface area contributed by atoms with E-state index in [2.05, 4.69) is 18.8 Å². The van der Waals surface area contributed by atoms with E-state index in [-0.39, 0.29) is 0 Å². The molecule has 0 N–H and O–H groups in total. The zero-order valence-electron chi connectivity index (χ0n) is 13.3. The Kier molecular flexibility index (Phi) is 4.77. The van der Waals surface area contributed by atoms with Crippen LogP contribution in [0.1, 0.15) is 24.5 Å². The summed E-state index contributed by atoms with van der Waals surface area (Å²) in [4.78, 5) is 0. The zero-order chi connectivity index (χ0) is 16.9. The Morgan fingerprint density at radius 2 is 1.46 bits per heavy atom. The first kappa shape index (κ1) is 16.0. The van der Waals surface area contributed by atoms with Crippen molar-refractivity contribution in [2.24, 2.45) is 0 Å². The number of ether oxygens (including phenoxy) is 1. The lowest BCUT2D eigenvalue weighted by molar-refractivity contribution is 0.318. The molecule has 0 aliphatic carbocycles. The van der Waals surface area contributed by atoms with Gasteiger partial charge in [0.25, 0.3) is 0 Å². The monoisotopic (exact) mass is 322 g/mol. The van der Waals surface area contributed by atoms with Crippen LogP contribution >= 0.6 is 0 Å². The summed E-state index contributed by atoms with van der Waals surface area (Å²) in [6.07, 6.45) is 0.969. The van der Waals surface area contributed by atoms with Gasteiger partial charge in [0, 0.05) is 11.1 Å². The van der Waals surface area contributed by atoms with Gasteiger partial charge >= 0.3 is 0 Å². The Morgan fingerprint density at radius 3 is 2.21 bits per heavy atom. The van der Waals surface area contributed by atoms with Gasteiger partial charge in [0.2, 0.25) is 0 Å². The molecule has 3 aromatic carbocycles. The SMILES string of the molecule is CCCOc1ccc2cc(C#Cc3ccc(F)c(F)c3)ccc2c1. The summed E-state index contributed by atoms with van der Waals surface area (Å²) in [5, 5.41) is 2.12. The second-order valence-electron chi connectivity index (χ2n) is 5.45. The van der Waals surface area contributed by atoms with Crippen molar-refractivity contribution in [3.8, 4) is 17.6 Å². The largest absolute Gasteiger partial charge is 0.494 e. The maximum Gasteiger partial charge on any atom is 0.160 e. The molecule has 0 saturated carbocycles. The first-order chi connectivity index (χ1) is 11.7. The van der Waals surface area contributed by atoms with Gasteiger partial charge in [-0.05, 0) is 59.7 Å². The van der Waals surface area contributed by atoms with Crippen molar-refractivity contribution >= 4 is 10.8 Å². The molecule has 0 fully saturated rings. The maximum absolute atomic E-state index is 13.2. The van der Waals surface area contributed by atoms with Crippen molar-refractivity contribution in [1.29, 1.82) is 0 Å². The lowest BCUT2D eigenvalue weighted by Crippen LogP contribution is -1.94. The third-order valence-electron chi connectivity index (χ3n) is 3.56. The molecular formula is C21H16F2O. The van der Waals surface area contributed by atoms with Gasteiger partial charge in [-0.1, -0.05) is 30.9 Å². The van der Waals surface area contributed by atoms with Crippen LogP contribution in [0.2, 0.25) is 0 Å². The number of fused-ring (bicyclic) bond motifs is 1. The molecule has 3 rings (SSSR count). The summed E-state index contributed by atoms with van der Waals surface area (Å²) in [7, 11) is 0. The van der Waals surface area contributed by atoms with Crippen molar-refractivity contribution < 1.29 is 13.5 Å². The molecule has 3 heteroatoms. The molecule has 0 atom stereocenters. The van der Waals surface area contributed by atoms with Gasteiger partial charge in [-0.2, -0.15) is 0 Å². The van der Waals surface area contributed by atoms with Crippen molar-refractivity contribution in [3.63, 3.8) is 0 Å². The van der Waals surface area contributed by atoms with E-state index >= 15 is 0 Å². The fourth-order valence-corrected chi connectivity index (χ4v) is 2.33. The van der Waals surface area contributed by atoms with Crippen LogP contribution in [0.5, 0.6) is 5.75 Å². The van der Waals surface area contributed by atoms with Gasteiger partial charge in [-0.25, -0.2) is 8.78 Å². The second-order valence-corrected chi connectivity index (χ2v) is 5.45. The van der Waals surface area contributed by atoms with Gasteiger partial charge in [-0.3, -0.25) is 0 Å². The molecule has 0 aromatic heterocycles. The summed E-state index contributed by atoms with van der Waals surface area (Å²) < 4.78 is 31.7. The highest BCUT2D eigenvalue weighted by Crippen LogP contribution is 2.22. The summed E-state index contributed by atoms with van der Waals surface area (Å²) in [5.74, 6) is 4.92. The number of rotatable bonds is 3. The van der Waals surface area contributed by atoms with Crippen LogP contribution in [0.15, 0.2) is 54.6 Å². The molecule has 0 unspecified atom stereocenters. The molecule has 0 spiro atoms. The summed E-state index contributed by atoms with van der Waals surface area (Å²) in [5.41, 5.74) is 1.26. The Labute approximate surface area is 139 Å². The number of hydrogen-bond acceptors (Lipinski definition) is 1. The molecular weight excluding hydrogens is 306 g/mol. The Balaban J connectivity index is 1.86. The van der Waals surface area contributed by atoms with Crippen molar-refractivity contribution in [3.05, 3.63) is 77.4 Å². The van der Waals surface area contributed by atoms with E-state index in [0.29, 0.717) is 12.2 Å². The van der Waals surface area contributed by atoms with E-state index in [4.69, 9.17) is 4.74 Å². The number of hydrogen-bond donors (Lipinski definition) is 0. The predicted octanol–water partition coefficient (Wildman–Crippen LogP) is 5.31. The zero-order valence-corrected chi connectivity index (χ0v) is 13.3. The van der Waals surface area contributed by atoms with Crippen LogP contribution in [0.3, 0.4) is 0 Å². The Morgan fingerprint density at radius 1 is 0.792 bits per heavy atom. The molecule has 24 heavy (non-hydrogen) atoms. The minimum Gasteiger partial charge on any atom is -0.494 e. The Hall–Kier alpha value is -2.86. The van der Waals surface area contributed by atoms with E-state index in [1.54, 1.807) is 0 Å². The van der Waals surface area contributed by atoms with Gasteiger partial charge in [0.15, 0.2) is 11.6 Å². The first-order valence-electron chi connectivity index (χ1n) is 7.79. The highest BCUT2D eigenvalue weighted by atomic mass is 19.2. The van der Waals surface area contributed by atoms with Crippen LogP contribution in [0.25, 0.3) is 10.8 Å². The lowest BCUT2D eigenvalue weighted by Gasteiger charge is -2.06. The summed E-state index contributed by atoms with van der Waals surface area (Å²) in [6, 6.07) is 15.4. The third kappa shape index (κ3) is 3.72. The van der Waals surface area contributed by atoms with Gasteiger partial charge in [0.1, 0.15) is 5.75 Å². The highest BCUT2D eigenvalue weighted by Gasteiger charge is 2.01. The molecule has 0 radical (unpaired) electrons. The average molecular weight is 322 g/mol. The summed E-state index contributed by atoms with van der Waals surface area (Å²) >= 11 is 0. The number of benzene rings is 3. The minimum atomic E-state index is -0.889. The molecule has 0 saturated heterocycles. The van der Waals surface area contributed by atoms with Gasteiger partial charge in [0.05, 0.1) is 6.61 Å². The second kappa shape index (κ2) is 7.14. The van der Waals surface area contributed by atoms with Crippen molar-refractivity contribution in [1.82, 2.24) is 0 Å². The molecule has 0 aliphatic heterocycles. The molecule has 0 bridgehead atoms. The normalized spacial score (nSPS) is 10.3. The van der Waals surface area contributed by atoms with Gasteiger partial charge in [-0.15, -0.1) is 0 Å². The van der Waals surface area contributed by atoms with Gasteiger partial charge < -0.3 is 4.74 Å². The molecule has 0 heterocycles. The van der Waals surface area contributed by atoms with Crippen LogP contribution in [0, 0.1) is 23.5 Å². The average Bonchev–Trinajstić information content (AvgIpc) is 2.60. The van der Waals surface area contributed by atoms with E-state index in [0.717, 1.165) is 40.6 Å². The van der Waals surface area contributed by atoms with E-state index in [9.17, 15) is 8.78 Å². The Bertz CT molecular complexity index is 935. The highest BCUT2D eigenvalue weighted by molar-refractivity contribution is 5.85. The van der Waals surface area contributed by atoms with E-state index < -0.39 is 11.6 Å². The van der Waals surface area contributed by atoms with E-state index in [1.165, 1.54) is 6.07 Å².